The lowest BCUT2D eigenvalue weighted by molar-refractivity contribution is 0.401. The third-order valence-electron chi connectivity index (χ3n) is 3.21. The van der Waals surface area contributed by atoms with Crippen LogP contribution in [0.1, 0.15) is 38.5 Å². The molecule has 0 saturated heterocycles. The minimum Gasteiger partial charge on any atom is -0.459 e. The van der Waals surface area contributed by atoms with Crippen molar-refractivity contribution in [2.45, 2.75) is 38.8 Å². The highest BCUT2D eigenvalue weighted by Gasteiger charge is 2.13. The molecule has 1 N–H and O–H groups in total. The van der Waals surface area contributed by atoms with Gasteiger partial charge in [-0.3, -0.25) is 0 Å². The third-order valence-corrected chi connectivity index (χ3v) is 3.21. The molecule has 1 aromatic heterocycles. The largest absolute Gasteiger partial charge is 0.459 e. The first kappa shape index (κ1) is 12.9. The minimum absolute atomic E-state index is 0.234. The van der Waals surface area contributed by atoms with Crippen molar-refractivity contribution in [3.63, 3.8) is 0 Å². The average molecular weight is 243 g/mol. The second-order valence-electron chi connectivity index (χ2n) is 4.84. The van der Waals surface area contributed by atoms with E-state index < -0.39 is 0 Å². The standard InChI is InChI=1S/C16H21NO/c1-4-5-8-12(2)17-13(3)16-11-14-9-6-7-10-15(14)18-16/h4,6-7,9-13,17H,1,5,8H2,2-3H3. The van der Waals surface area contributed by atoms with E-state index in [1.54, 1.807) is 0 Å². The Balaban J connectivity index is 2.03. The van der Waals surface area contributed by atoms with Crippen LogP contribution in [0.25, 0.3) is 11.0 Å². The van der Waals surface area contributed by atoms with E-state index in [1.807, 2.05) is 24.3 Å². The van der Waals surface area contributed by atoms with Gasteiger partial charge in [0, 0.05) is 11.4 Å². The van der Waals surface area contributed by atoms with Gasteiger partial charge in [0.1, 0.15) is 11.3 Å². The highest BCUT2D eigenvalue weighted by atomic mass is 16.3. The first-order chi connectivity index (χ1) is 8.70. The number of nitrogens with one attached hydrogen (secondary N) is 1. The molecular weight excluding hydrogens is 222 g/mol. The van der Waals surface area contributed by atoms with Crippen LogP contribution in [0.3, 0.4) is 0 Å². The maximum Gasteiger partial charge on any atom is 0.134 e. The van der Waals surface area contributed by atoms with Crippen LogP contribution in [-0.4, -0.2) is 6.04 Å². The highest BCUT2D eigenvalue weighted by Crippen LogP contribution is 2.24. The van der Waals surface area contributed by atoms with Crippen LogP contribution in [0, 0.1) is 0 Å². The van der Waals surface area contributed by atoms with E-state index in [9.17, 15) is 0 Å². The fourth-order valence-electron chi connectivity index (χ4n) is 2.18. The molecule has 1 heterocycles. The predicted molar refractivity (Wildman–Crippen MR) is 76.7 cm³/mol. The molecule has 0 aliphatic carbocycles. The van der Waals surface area contributed by atoms with Crippen molar-refractivity contribution < 1.29 is 4.42 Å². The lowest BCUT2D eigenvalue weighted by atomic mass is 10.1. The molecule has 0 bridgehead atoms. The molecule has 0 aliphatic heterocycles. The second kappa shape index (κ2) is 5.87. The van der Waals surface area contributed by atoms with Crippen LogP contribution in [-0.2, 0) is 0 Å². The van der Waals surface area contributed by atoms with Crippen LogP contribution >= 0.6 is 0 Å². The fourth-order valence-corrected chi connectivity index (χ4v) is 2.18. The van der Waals surface area contributed by atoms with Crippen LogP contribution in [0.2, 0.25) is 0 Å². The van der Waals surface area contributed by atoms with Crippen molar-refractivity contribution in [2.24, 2.45) is 0 Å². The lowest BCUT2D eigenvalue weighted by Crippen LogP contribution is -2.28. The molecule has 0 aliphatic rings. The molecule has 2 aromatic rings. The summed E-state index contributed by atoms with van der Waals surface area (Å²) in [6, 6.07) is 10.9. The van der Waals surface area contributed by atoms with E-state index in [2.05, 4.69) is 37.9 Å². The summed E-state index contributed by atoms with van der Waals surface area (Å²) < 4.78 is 5.85. The first-order valence-corrected chi connectivity index (χ1v) is 6.56. The minimum atomic E-state index is 0.234. The van der Waals surface area contributed by atoms with E-state index >= 15 is 0 Å². The maximum atomic E-state index is 5.85. The van der Waals surface area contributed by atoms with Gasteiger partial charge >= 0.3 is 0 Å². The average Bonchev–Trinajstić information content (AvgIpc) is 2.80. The van der Waals surface area contributed by atoms with Gasteiger partial charge < -0.3 is 9.73 Å². The monoisotopic (exact) mass is 243 g/mol. The van der Waals surface area contributed by atoms with Gasteiger partial charge in [0.2, 0.25) is 0 Å². The van der Waals surface area contributed by atoms with Gasteiger partial charge in [0.15, 0.2) is 0 Å². The molecule has 96 valence electrons. The topological polar surface area (TPSA) is 25.2 Å². The summed E-state index contributed by atoms with van der Waals surface area (Å²) >= 11 is 0. The number of allylic oxidation sites excluding steroid dienone is 1. The Labute approximate surface area is 109 Å². The smallest absolute Gasteiger partial charge is 0.134 e. The molecule has 0 fully saturated rings. The molecule has 2 unspecified atom stereocenters. The SMILES string of the molecule is C=CCCC(C)NC(C)c1cc2ccccc2o1. The third kappa shape index (κ3) is 3.02. The molecule has 1 aromatic carbocycles. The van der Waals surface area contributed by atoms with Crippen molar-refractivity contribution >= 4 is 11.0 Å². The number of rotatable bonds is 6. The Bertz CT molecular complexity index is 482. The van der Waals surface area contributed by atoms with Crippen LogP contribution in [0.4, 0.5) is 0 Å². The summed E-state index contributed by atoms with van der Waals surface area (Å²) in [4.78, 5) is 0. The number of hydrogen-bond acceptors (Lipinski definition) is 2. The first-order valence-electron chi connectivity index (χ1n) is 6.56. The number of benzene rings is 1. The number of fused-ring (bicyclic) bond motifs is 1. The molecule has 2 atom stereocenters. The molecule has 2 nitrogen and oxygen atoms in total. The highest BCUT2D eigenvalue weighted by molar-refractivity contribution is 5.77. The van der Waals surface area contributed by atoms with E-state index in [0.29, 0.717) is 6.04 Å². The number of para-hydroxylation sites is 1. The summed E-state index contributed by atoms with van der Waals surface area (Å²) in [5, 5.41) is 4.72. The number of furan rings is 1. The normalized spacial score (nSPS) is 14.6. The Morgan fingerprint density at radius 1 is 1.33 bits per heavy atom. The zero-order chi connectivity index (χ0) is 13.0. The molecule has 0 radical (unpaired) electrons. The molecular formula is C16H21NO. The Morgan fingerprint density at radius 3 is 2.83 bits per heavy atom. The van der Waals surface area contributed by atoms with Crippen molar-refractivity contribution in [1.82, 2.24) is 5.32 Å². The van der Waals surface area contributed by atoms with Gasteiger partial charge in [0.25, 0.3) is 0 Å². The van der Waals surface area contributed by atoms with E-state index in [1.165, 1.54) is 5.39 Å². The van der Waals surface area contributed by atoms with Crippen LogP contribution < -0.4 is 5.32 Å². The summed E-state index contributed by atoms with van der Waals surface area (Å²) in [5.41, 5.74) is 0.958. The maximum absolute atomic E-state index is 5.85. The molecule has 2 rings (SSSR count). The zero-order valence-corrected chi connectivity index (χ0v) is 11.1. The molecule has 0 spiro atoms. The molecule has 0 saturated carbocycles. The second-order valence-corrected chi connectivity index (χ2v) is 4.84. The quantitative estimate of drug-likeness (QED) is 0.759. The van der Waals surface area contributed by atoms with Gasteiger partial charge in [-0.1, -0.05) is 24.3 Å². The zero-order valence-electron chi connectivity index (χ0n) is 11.1. The van der Waals surface area contributed by atoms with Gasteiger partial charge in [0.05, 0.1) is 6.04 Å². The van der Waals surface area contributed by atoms with Crippen molar-refractivity contribution in [1.29, 1.82) is 0 Å². The van der Waals surface area contributed by atoms with Gasteiger partial charge in [-0.2, -0.15) is 0 Å². The van der Waals surface area contributed by atoms with E-state index in [0.717, 1.165) is 24.2 Å². The Morgan fingerprint density at radius 2 is 2.11 bits per heavy atom. The molecule has 2 heteroatoms. The van der Waals surface area contributed by atoms with Gasteiger partial charge in [-0.15, -0.1) is 6.58 Å². The van der Waals surface area contributed by atoms with Gasteiger partial charge in [-0.05, 0) is 38.8 Å². The predicted octanol–water partition coefficient (Wildman–Crippen LogP) is 4.44. The lowest BCUT2D eigenvalue weighted by Gasteiger charge is -2.17. The summed E-state index contributed by atoms with van der Waals surface area (Å²) in [6.45, 7) is 8.09. The fraction of sp³-hybridized carbons (Fsp3) is 0.375. The van der Waals surface area contributed by atoms with E-state index in [-0.39, 0.29) is 6.04 Å². The summed E-state index contributed by atoms with van der Waals surface area (Å²) in [7, 11) is 0. The van der Waals surface area contributed by atoms with Gasteiger partial charge in [-0.25, -0.2) is 0 Å². The van der Waals surface area contributed by atoms with Crippen LogP contribution in [0.15, 0.2) is 47.4 Å². The van der Waals surface area contributed by atoms with Crippen LogP contribution in [0.5, 0.6) is 0 Å². The molecule has 0 amide bonds. The van der Waals surface area contributed by atoms with Crippen molar-refractivity contribution in [3.8, 4) is 0 Å². The number of hydrogen-bond donors (Lipinski definition) is 1. The Kier molecular flexibility index (Phi) is 4.21. The molecule has 18 heavy (non-hydrogen) atoms. The Hall–Kier alpha value is -1.54. The van der Waals surface area contributed by atoms with Crippen molar-refractivity contribution in [3.05, 3.63) is 48.7 Å². The van der Waals surface area contributed by atoms with Crippen molar-refractivity contribution in [2.75, 3.05) is 0 Å². The summed E-state index contributed by atoms with van der Waals surface area (Å²) in [6.07, 6.45) is 4.11. The summed E-state index contributed by atoms with van der Waals surface area (Å²) in [5.74, 6) is 1.00. The van der Waals surface area contributed by atoms with E-state index in [4.69, 9.17) is 4.42 Å².